The fourth-order valence-corrected chi connectivity index (χ4v) is 4.84. The molecule has 1 N–H and O–H groups in total. The van der Waals surface area contributed by atoms with Gasteiger partial charge in [-0.1, -0.05) is 6.07 Å². The minimum absolute atomic E-state index is 0.0919. The molecule has 0 bridgehead atoms. The maximum absolute atomic E-state index is 13.8. The molecule has 2 atom stereocenters. The molecule has 0 spiro atoms. The Morgan fingerprint density at radius 2 is 2.18 bits per heavy atom. The number of aromatic nitrogens is 1. The van der Waals surface area contributed by atoms with Crippen molar-refractivity contribution < 1.29 is 12.8 Å². The van der Waals surface area contributed by atoms with E-state index in [0.29, 0.717) is 17.4 Å². The fraction of sp³-hybridized carbons (Fsp3) is 0.400. The molecule has 1 aliphatic heterocycles. The van der Waals surface area contributed by atoms with Crippen LogP contribution in [0.15, 0.2) is 41.4 Å². The summed E-state index contributed by atoms with van der Waals surface area (Å²) in [7, 11) is -2.02. The molecule has 1 aromatic carbocycles. The van der Waals surface area contributed by atoms with Crippen LogP contribution in [0.4, 0.5) is 4.39 Å². The average molecular weight is 323 g/mol. The first-order valence-corrected chi connectivity index (χ1v) is 8.62. The second-order valence-electron chi connectivity index (χ2n) is 5.45. The molecule has 5 nitrogen and oxygen atoms in total. The van der Waals surface area contributed by atoms with E-state index >= 15 is 0 Å². The maximum Gasteiger partial charge on any atom is 0.244 e. The minimum Gasteiger partial charge on any atom is -0.318 e. The number of fused-ring (bicyclic) bond motifs is 1. The van der Waals surface area contributed by atoms with E-state index < -0.39 is 16.2 Å². The highest BCUT2D eigenvalue weighted by Crippen LogP contribution is 2.30. The average Bonchev–Trinajstić information content (AvgIpc) is 2.88. The number of pyridine rings is 1. The standard InChI is InChI=1S/C15H18FN3O2S/c1-17-9-12-8-11(16)10-19(12)22(20,21)15-6-2-5-14-13(15)4-3-7-18-14/h2-7,11-12,17H,8-10H2,1H3/t11-,12-/m0/s1. The van der Waals surface area contributed by atoms with E-state index in [1.165, 1.54) is 4.31 Å². The van der Waals surface area contributed by atoms with E-state index in [0.717, 1.165) is 0 Å². The van der Waals surface area contributed by atoms with E-state index in [-0.39, 0.29) is 23.9 Å². The van der Waals surface area contributed by atoms with Gasteiger partial charge in [0, 0.05) is 30.7 Å². The molecule has 1 saturated heterocycles. The molecule has 0 amide bonds. The monoisotopic (exact) mass is 323 g/mol. The predicted molar refractivity (Wildman–Crippen MR) is 82.9 cm³/mol. The van der Waals surface area contributed by atoms with Gasteiger partial charge in [0.05, 0.1) is 10.4 Å². The molecule has 3 rings (SSSR count). The van der Waals surface area contributed by atoms with Crippen molar-refractivity contribution >= 4 is 20.9 Å². The normalized spacial score (nSPS) is 23.2. The summed E-state index contributed by atoms with van der Waals surface area (Å²) in [5, 5.41) is 3.50. The van der Waals surface area contributed by atoms with Crippen molar-refractivity contribution in [3.05, 3.63) is 36.5 Å². The number of hydrogen-bond donors (Lipinski definition) is 1. The third-order valence-corrected chi connectivity index (χ3v) is 5.92. The Morgan fingerprint density at radius 3 is 2.95 bits per heavy atom. The van der Waals surface area contributed by atoms with E-state index in [2.05, 4.69) is 10.3 Å². The van der Waals surface area contributed by atoms with Crippen molar-refractivity contribution in [2.45, 2.75) is 23.5 Å². The molecule has 1 aliphatic rings. The molecule has 0 aliphatic carbocycles. The van der Waals surface area contributed by atoms with E-state index in [9.17, 15) is 12.8 Å². The van der Waals surface area contributed by atoms with Crippen LogP contribution in [-0.2, 0) is 10.0 Å². The van der Waals surface area contributed by atoms with Crippen LogP contribution in [0.5, 0.6) is 0 Å². The molecule has 1 aromatic heterocycles. The number of benzene rings is 1. The first kappa shape index (κ1) is 15.3. The smallest absolute Gasteiger partial charge is 0.244 e. The van der Waals surface area contributed by atoms with E-state index in [1.807, 2.05) is 0 Å². The van der Waals surface area contributed by atoms with Crippen molar-refractivity contribution in [3.8, 4) is 0 Å². The zero-order chi connectivity index (χ0) is 15.7. The molecule has 0 radical (unpaired) electrons. The van der Waals surface area contributed by atoms with Crippen molar-refractivity contribution in [1.29, 1.82) is 0 Å². The minimum atomic E-state index is -3.76. The summed E-state index contributed by atoms with van der Waals surface area (Å²) in [6.07, 6.45) is 0.722. The van der Waals surface area contributed by atoms with Crippen LogP contribution >= 0.6 is 0 Å². The maximum atomic E-state index is 13.8. The second kappa shape index (κ2) is 5.91. The lowest BCUT2D eigenvalue weighted by atomic mass is 10.2. The van der Waals surface area contributed by atoms with E-state index in [4.69, 9.17) is 0 Å². The molecule has 2 heterocycles. The lowest BCUT2D eigenvalue weighted by Gasteiger charge is -2.24. The van der Waals surface area contributed by atoms with Gasteiger partial charge in [-0.15, -0.1) is 0 Å². The van der Waals surface area contributed by atoms with Gasteiger partial charge >= 0.3 is 0 Å². The van der Waals surface area contributed by atoms with Crippen molar-refractivity contribution in [2.24, 2.45) is 0 Å². The third-order valence-electron chi connectivity index (χ3n) is 3.95. The van der Waals surface area contributed by atoms with Gasteiger partial charge in [0.15, 0.2) is 0 Å². The van der Waals surface area contributed by atoms with E-state index in [1.54, 1.807) is 43.6 Å². The number of nitrogens with one attached hydrogen (secondary N) is 1. The Kier molecular flexibility index (Phi) is 4.12. The first-order valence-electron chi connectivity index (χ1n) is 7.18. The van der Waals surface area contributed by atoms with Gasteiger partial charge in [-0.2, -0.15) is 4.31 Å². The van der Waals surface area contributed by atoms with Crippen molar-refractivity contribution in [1.82, 2.24) is 14.6 Å². The van der Waals surface area contributed by atoms with Gasteiger partial charge in [-0.3, -0.25) is 4.98 Å². The molecule has 1 fully saturated rings. The quantitative estimate of drug-likeness (QED) is 0.927. The Morgan fingerprint density at radius 1 is 1.36 bits per heavy atom. The molecule has 22 heavy (non-hydrogen) atoms. The fourth-order valence-electron chi connectivity index (χ4n) is 2.97. The van der Waals surface area contributed by atoms with Crippen LogP contribution in [0, 0.1) is 0 Å². The lowest BCUT2D eigenvalue weighted by molar-refractivity contribution is 0.342. The van der Waals surface area contributed by atoms with Gasteiger partial charge in [0.1, 0.15) is 6.17 Å². The summed E-state index contributed by atoms with van der Waals surface area (Å²) in [6.45, 7) is 0.341. The number of nitrogens with zero attached hydrogens (tertiary/aromatic N) is 2. The summed E-state index contributed by atoms with van der Waals surface area (Å²) in [4.78, 5) is 4.37. The molecule has 7 heteroatoms. The predicted octanol–water partition coefficient (Wildman–Crippen LogP) is 1.56. The molecule has 2 aromatic rings. The summed E-state index contributed by atoms with van der Waals surface area (Å²) in [5.41, 5.74) is 0.615. The van der Waals surface area contributed by atoms with Crippen LogP contribution in [-0.4, -0.2) is 50.1 Å². The molecule has 0 saturated carbocycles. The topological polar surface area (TPSA) is 62.3 Å². The zero-order valence-corrected chi connectivity index (χ0v) is 13.1. The second-order valence-corrected chi connectivity index (χ2v) is 7.30. The lowest BCUT2D eigenvalue weighted by Crippen LogP contribution is -2.40. The molecular weight excluding hydrogens is 305 g/mol. The van der Waals surface area contributed by atoms with Crippen LogP contribution in [0.3, 0.4) is 0 Å². The third kappa shape index (κ3) is 2.60. The number of sulfonamides is 1. The number of halogens is 1. The van der Waals surface area contributed by atoms with Crippen molar-refractivity contribution in [3.63, 3.8) is 0 Å². The Bertz CT molecular complexity index is 776. The SMILES string of the molecule is CNC[C@@H]1C[C@H](F)CN1S(=O)(=O)c1cccc2ncccc12. The Balaban J connectivity index is 2.08. The number of likely N-dealkylation sites (N-methyl/N-ethyl adjacent to an activating group) is 1. The highest BCUT2D eigenvalue weighted by Gasteiger charge is 2.40. The van der Waals surface area contributed by atoms with Gasteiger partial charge in [0.25, 0.3) is 0 Å². The summed E-state index contributed by atoms with van der Waals surface area (Å²) < 4.78 is 41.0. The van der Waals surface area contributed by atoms with Crippen LogP contribution in [0.2, 0.25) is 0 Å². The molecule has 0 unspecified atom stereocenters. The number of rotatable bonds is 4. The largest absolute Gasteiger partial charge is 0.318 e. The van der Waals surface area contributed by atoms with Crippen LogP contribution < -0.4 is 5.32 Å². The zero-order valence-electron chi connectivity index (χ0n) is 12.2. The molecular formula is C15H18FN3O2S. The van der Waals surface area contributed by atoms with Gasteiger partial charge < -0.3 is 5.32 Å². The highest BCUT2D eigenvalue weighted by atomic mass is 32.2. The van der Waals surface area contributed by atoms with Gasteiger partial charge in [-0.05, 0) is 37.7 Å². The first-order chi connectivity index (χ1) is 10.5. The number of hydrogen-bond acceptors (Lipinski definition) is 4. The Hall–Kier alpha value is -1.57. The Labute approximate surface area is 129 Å². The summed E-state index contributed by atoms with van der Waals surface area (Å²) in [6, 6.07) is 8.05. The van der Waals surface area contributed by atoms with Crippen LogP contribution in [0.1, 0.15) is 6.42 Å². The van der Waals surface area contributed by atoms with Gasteiger partial charge in [0.2, 0.25) is 10.0 Å². The molecule has 118 valence electrons. The summed E-state index contributed by atoms with van der Waals surface area (Å²) in [5.74, 6) is 0. The highest BCUT2D eigenvalue weighted by molar-refractivity contribution is 7.89. The van der Waals surface area contributed by atoms with Crippen molar-refractivity contribution in [2.75, 3.05) is 20.1 Å². The van der Waals surface area contributed by atoms with Gasteiger partial charge in [-0.25, -0.2) is 12.8 Å². The van der Waals surface area contributed by atoms with Crippen LogP contribution in [0.25, 0.3) is 10.9 Å². The number of alkyl halides is 1. The summed E-state index contributed by atoms with van der Waals surface area (Å²) >= 11 is 0.